The summed E-state index contributed by atoms with van der Waals surface area (Å²) in [5.74, 6) is 1.35. The van der Waals surface area contributed by atoms with Crippen molar-refractivity contribution in [3.05, 3.63) is 29.7 Å². The zero-order chi connectivity index (χ0) is 22.7. The van der Waals surface area contributed by atoms with E-state index in [2.05, 4.69) is 20.8 Å². The topological polar surface area (TPSA) is 122 Å². The van der Waals surface area contributed by atoms with Gasteiger partial charge in [0.25, 0.3) is 0 Å². The van der Waals surface area contributed by atoms with Gasteiger partial charge in [-0.2, -0.15) is 4.98 Å². The summed E-state index contributed by atoms with van der Waals surface area (Å²) in [6, 6.07) is 6.09. The van der Waals surface area contributed by atoms with E-state index in [1.165, 1.54) is 6.21 Å². The molecule has 2 aliphatic rings. The van der Waals surface area contributed by atoms with Crippen LogP contribution in [0.3, 0.4) is 0 Å². The van der Waals surface area contributed by atoms with Crippen LogP contribution in [0.5, 0.6) is 0 Å². The minimum atomic E-state index is -0.501. The predicted molar refractivity (Wildman–Crippen MR) is 120 cm³/mol. The molecule has 2 fully saturated rings. The highest BCUT2D eigenvalue weighted by Gasteiger charge is 2.29. The molecular formula is C23H31N5O4. The zero-order valence-electron chi connectivity index (χ0n) is 18.8. The van der Waals surface area contributed by atoms with Crippen LogP contribution < -0.4 is 10.6 Å². The Morgan fingerprint density at radius 1 is 1.19 bits per heavy atom. The maximum atomic E-state index is 12.0. The smallest absolute Gasteiger partial charge is 0.407 e. The molecule has 172 valence electrons. The first kappa shape index (κ1) is 22.3. The van der Waals surface area contributed by atoms with Crippen molar-refractivity contribution in [3.63, 3.8) is 0 Å². The normalized spacial score (nSPS) is 21.5. The second kappa shape index (κ2) is 9.28. The molecule has 1 aliphatic carbocycles. The number of carbonyl (C=O) groups excluding carboxylic acids is 1. The summed E-state index contributed by atoms with van der Waals surface area (Å²) >= 11 is 0. The Kier molecular flexibility index (Phi) is 6.45. The summed E-state index contributed by atoms with van der Waals surface area (Å²) in [6.45, 7) is 6.90. The van der Waals surface area contributed by atoms with Gasteiger partial charge in [0.05, 0.1) is 19.3 Å². The minimum Gasteiger partial charge on any atom is -0.444 e. The van der Waals surface area contributed by atoms with Gasteiger partial charge in [-0.1, -0.05) is 17.3 Å². The molecule has 32 heavy (non-hydrogen) atoms. The minimum absolute atomic E-state index is 0.0984. The summed E-state index contributed by atoms with van der Waals surface area (Å²) in [4.78, 5) is 16.7. The number of rotatable bonds is 6. The van der Waals surface area contributed by atoms with Crippen molar-refractivity contribution in [2.75, 3.05) is 18.5 Å². The van der Waals surface area contributed by atoms with Gasteiger partial charge in [0.1, 0.15) is 5.60 Å². The Hall–Kier alpha value is -2.94. The van der Waals surface area contributed by atoms with E-state index in [1.807, 2.05) is 39.0 Å². The first-order chi connectivity index (χ1) is 15.3. The third kappa shape index (κ3) is 5.45. The molecule has 2 heterocycles. The molecule has 0 spiro atoms. The molecule has 9 heteroatoms. The van der Waals surface area contributed by atoms with Crippen molar-refractivity contribution in [1.29, 1.82) is 5.41 Å². The van der Waals surface area contributed by atoms with E-state index in [1.54, 1.807) is 0 Å². The summed E-state index contributed by atoms with van der Waals surface area (Å²) < 4.78 is 16.2. The van der Waals surface area contributed by atoms with Crippen LogP contribution >= 0.6 is 0 Å². The number of benzene rings is 1. The number of ether oxygens (including phenoxy) is 2. The lowest BCUT2D eigenvalue weighted by molar-refractivity contribution is 0.0211. The van der Waals surface area contributed by atoms with Gasteiger partial charge in [-0.3, -0.25) is 0 Å². The summed E-state index contributed by atoms with van der Waals surface area (Å²) in [5.41, 5.74) is 2.01. The monoisotopic (exact) mass is 441 g/mol. The molecule has 9 nitrogen and oxygen atoms in total. The summed E-state index contributed by atoms with van der Waals surface area (Å²) in [6.07, 6.45) is 4.37. The molecule has 3 N–H and O–H groups in total. The average molecular weight is 442 g/mol. The maximum absolute atomic E-state index is 12.0. The van der Waals surface area contributed by atoms with E-state index < -0.39 is 5.60 Å². The fraction of sp³-hybridized carbons (Fsp3) is 0.565. The molecule has 0 unspecified atom stereocenters. The molecule has 0 bridgehead atoms. The quantitative estimate of drug-likeness (QED) is 0.577. The van der Waals surface area contributed by atoms with Crippen molar-refractivity contribution in [2.45, 2.75) is 70.1 Å². The van der Waals surface area contributed by atoms with Gasteiger partial charge in [-0.15, -0.1) is 0 Å². The van der Waals surface area contributed by atoms with Crippen molar-refractivity contribution in [1.82, 2.24) is 15.5 Å². The molecular weight excluding hydrogens is 410 g/mol. The Balaban J connectivity index is 1.37. The van der Waals surface area contributed by atoms with Gasteiger partial charge in [-0.25, -0.2) is 4.79 Å². The average Bonchev–Trinajstić information content (AvgIpc) is 3.20. The number of anilines is 1. The van der Waals surface area contributed by atoms with Crippen LogP contribution in [-0.2, 0) is 9.47 Å². The summed E-state index contributed by atoms with van der Waals surface area (Å²) in [7, 11) is 0. The van der Waals surface area contributed by atoms with Crippen LogP contribution in [-0.4, -0.2) is 53.3 Å². The van der Waals surface area contributed by atoms with Crippen molar-refractivity contribution in [3.8, 4) is 11.4 Å². The Bertz CT molecular complexity index is 956. The first-order valence-electron chi connectivity index (χ1n) is 11.1. The van der Waals surface area contributed by atoms with Crippen LogP contribution in [0, 0.1) is 5.41 Å². The molecule has 1 aliphatic heterocycles. The lowest BCUT2D eigenvalue weighted by Gasteiger charge is -2.28. The molecule has 1 amide bonds. The standard InChI is InChI=1S/C23H31N5O4/c1-23(2,3)31-22(29)26-17-8-6-14(7-9-17)21-27-20(28-32-21)15-4-5-16(11-24)19(10-15)25-18-12-30-13-18/h4-5,10-11,14,17-18,24-25H,6-9,12-13H2,1-3H3,(H,26,29). The van der Waals surface area contributed by atoms with Gasteiger partial charge in [-0.05, 0) is 52.5 Å². The highest BCUT2D eigenvalue weighted by atomic mass is 16.6. The van der Waals surface area contributed by atoms with Crippen LogP contribution in [0.4, 0.5) is 10.5 Å². The number of hydrogen-bond donors (Lipinski definition) is 3. The molecule has 1 saturated heterocycles. The number of hydrogen-bond acceptors (Lipinski definition) is 8. The van der Waals surface area contributed by atoms with Crippen molar-refractivity contribution < 1.29 is 18.8 Å². The van der Waals surface area contributed by atoms with E-state index >= 15 is 0 Å². The number of alkyl carbamates (subject to hydrolysis) is 1. The molecule has 4 rings (SSSR count). The number of carbonyl (C=O) groups is 1. The van der Waals surface area contributed by atoms with Crippen LogP contribution in [0.15, 0.2) is 22.7 Å². The van der Waals surface area contributed by atoms with Gasteiger partial charge in [0.15, 0.2) is 0 Å². The van der Waals surface area contributed by atoms with Gasteiger partial charge < -0.3 is 30.0 Å². The third-order valence-electron chi connectivity index (χ3n) is 5.70. The number of nitrogens with one attached hydrogen (secondary N) is 3. The Morgan fingerprint density at radius 2 is 1.94 bits per heavy atom. The fourth-order valence-corrected chi connectivity index (χ4v) is 3.96. The molecule has 1 aromatic heterocycles. The molecule has 2 aromatic rings. The SMILES string of the molecule is CC(C)(C)OC(=O)NC1CCC(c2nc(-c3ccc(C=N)c(NC4COC4)c3)no2)CC1. The van der Waals surface area contributed by atoms with Crippen LogP contribution in [0.2, 0.25) is 0 Å². The highest BCUT2D eigenvalue weighted by Crippen LogP contribution is 2.33. The van der Waals surface area contributed by atoms with E-state index in [4.69, 9.17) is 19.4 Å². The predicted octanol–water partition coefficient (Wildman–Crippen LogP) is 4.10. The lowest BCUT2D eigenvalue weighted by atomic mass is 9.86. The number of nitrogens with zero attached hydrogens (tertiary/aromatic N) is 2. The Labute approximate surface area is 187 Å². The van der Waals surface area contributed by atoms with E-state index in [0.29, 0.717) is 24.9 Å². The Morgan fingerprint density at radius 3 is 2.56 bits per heavy atom. The first-order valence-corrected chi connectivity index (χ1v) is 11.1. The van der Waals surface area contributed by atoms with Crippen LogP contribution in [0.25, 0.3) is 11.4 Å². The molecule has 1 saturated carbocycles. The number of aromatic nitrogens is 2. The van der Waals surface area contributed by atoms with Gasteiger partial charge in [0.2, 0.25) is 11.7 Å². The largest absolute Gasteiger partial charge is 0.444 e. The van der Waals surface area contributed by atoms with Gasteiger partial charge >= 0.3 is 6.09 Å². The summed E-state index contributed by atoms with van der Waals surface area (Å²) in [5, 5.41) is 18.2. The second-order valence-corrected chi connectivity index (χ2v) is 9.48. The number of amides is 1. The molecule has 0 atom stereocenters. The van der Waals surface area contributed by atoms with Crippen molar-refractivity contribution in [2.24, 2.45) is 0 Å². The van der Waals surface area contributed by atoms with E-state index in [0.717, 1.165) is 42.5 Å². The second-order valence-electron chi connectivity index (χ2n) is 9.48. The van der Waals surface area contributed by atoms with E-state index in [9.17, 15) is 4.79 Å². The zero-order valence-corrected chi connectivity index (χ0v) is 18.8. The maximum Gasteiger partial charge on any atom is 0.407 e. The molecule has 0 radical (unpaired) electrons. The lowest BCUT2D eigenvalue weighted by Crippen LogP contribution is -2.40. The highest BCUT2D eigenvalue weighted by molar-refractivity contribution is 5.87. The van der Waals surface area contributed by atoms with Crippen molar-refractivity contribution >= 4 is 18.0 Å². The molecule has 1 aromatic carbocycles. The van der Waals surface area contributed by atoms with Gasteiger partial charge in [0, 0.05) is 35.0 Å². The van der Waals surface area contributed by atoms with Crippen LogP contribution in [0.1, 0.15) is 63.8 Å². The third-order valence-corrected chi connectivity index (χ3v) is 5.70. The fourth-order valence-electron chi connectivity index (χ4n) is 3.96. The van der Waals surface area contributed by atoms with E-state index in [-0.39, 0.29) is 24.1 Å².